The number of terminal acetylenes is 3. The highest BCUT2D eigenvalue weighted by molar-refractivity contribution is 6.12. The van der Waals surface area contributed by atoms with Crippen LogP contribution in [0.2, 0.25) is 0 Å². The molecule has 24 nitrogen and oxygen atoms in total. The van der Waals surface area contributed by atoms with Crippen LogP contribution in [0.15, 0.2) is 212 Å². The van der Waals surface area contributed by atoms with Crippen LogP contribution in [0.4, 0.5) is 11.4 Å². The van der Waals surface area contributed by atoms with Gasteiger partial charge in [0, 0.05) is 49.2 Å². The maximum atomic E-state index is 13.9. The number of phenolic OH excluding ortho intramolecular Hbond substituents is 3. The number of carbonyl (C=O) groups excluding carboxylic acids is 10. The van der Waals surface area contributed by atoms with Crippen LogP contribution >= 0.6 is 0 Å². The van der Waals surface area contributed by atoms with E-state index in [-0.39, 0.29) is 136 Å². The van der Waals surface area contributed by atoms with Crippen LogP contribution in [0.25, 0.3) is 0 Å². The zero-order valence-electron chi connectivity index (χ0n) is 87.3. The molecule has 0 aromatic heterocycles. The normalized spacial score (nSPS) is 16.0. The molecule has 5 atom stereocenters. The van der Waals surface area contributed by atoms with Crippen LogP contribution in [-0.4, -0.2) is 172 Å². The summed E-state index contributed by atoms with van der Waals surface area (Å²) in [5.41, 5.74) is 5.08. The van der Waals surface area contributed by atoms with Crippen molar-refractivity contribution in [3.8, 4) is 60.0 Å². The molecule has 5 unspecified atom stereocenters. The van der Waals surface area contributed by atoms with Crippen LogP contribution < -0.4 is 41.1 Å². The number of anilines is 2. The lowest BCUT2D eigenvalue weighted by Gasteiger charge is -2.38. The molecule has 6 aliphatic carbocycles. The van der Waals surface area contributed by atoms with Gasteiger partial charge in [0.15, 0.2) is 0 Å². The number of para-hydroxylation sites is 6. The minimum atomic E-state index is -0.669. The van der Waals surface area contributed by atoms with Gasteiger partial charge in [-0.15, -0.1) is 19.3 Å². The molecule has 8 aromatic rings. The van der Waals surface area contributed by atoms with E-state index in [4.69, 9.17) is 24.0 Å². The molecule has 0 bridgehead atoms. The lowest BCUT2D eigenvalue weighted by molar-refractivity contribution is -0.129. The monoisotopic (exact) mass is 2000 g/mol. The number of rotatable bonds is 38. The lowest BCUT2D eigenvalue weighted by atomic mass is 9.82. The van der Waals surface area contributed by atoms with Gasteiger partial charge < -0.3 is 61.3 Å². The Balaban J connectivity index is 0.000000188. The van der Waals surface area contributed by atoms with Crippen LogP contribution in [0.5, 0.6) is 23.0 Å². The van der Waals surface area contributed by atoms with Crippen LogP contribution in [0.1, 0.15) is 315 Å². The van der Waals surface area contributed by atoms with E-state index in [0.717, 1.165) is 234 Å². The summed E-state index contributed by atoms with van der Waals surface area (Å²) in [5, 5.41) is 45.9. The summed E-state index contributed by atoms with van der Waals surface area (Å²) >= 11 is 0. The molecular weight excluding hydrogens is 1840 g/mol. The number of aryl methyl sites for hydroxylation is 1. The number of ether oxygens (including phenoxy) is 1. The Morgan fingerprint density at radius 1 is 0.320 bits per heavy atom. The lowest BCUT2D eigenvalue weighted by Crippen LogP contribution is -2.55. The maximum Gasteiger partial charge on any atom is 0.262 e. The highest BCUT2D eigenvalue weighted by Gasteiger charge is 2.45. The molecule has 6 aliphatic rings. The first-order chi connectivity index (χ1) is 71.6. The molecule has 24 heteroatoms. The fourth-order valence-electron chi connectivity index (χ4n) is 21.6. The molecule has 6 fully saturated rings. The van der Waals surface area contributed by atoms with Gasteiger partial charge in [0.05, 0.1) is 49.0 Å². The van der Waals surface area contributed by atoms with Crippen molar-refractivity contribution in [2.75, 3.05) is 56.2 Å². The maximum absolute atomic E-state index is 13.9. The average molecular weight is 2000 g/mol. The van der Waals surface area contributed by atoms with E-state index >= 15 is 0 Å². The Kier molecular flexibility index (Phi) is 49.4. The number of methoxy groups -OCH3 is 1. The molecule has 0 saturated heterocycles. The summed E-state index contributed by atoms with van der Waals surface area (Å²) in [4.78, 5) is 142. The highest BCUT2D eigenvalue weighted by atomic mass is 16.5. The molecule has 0 aliphatic heterocycles. The number of nitrogens with zero attached hydrogens (tertiary/aromatic N) is 5. The second kappa shape index (κ2) is 63.0. The standard InChI is InChI=1S/C26H34N2O3.C26H34N2O2.C25H28N2O3.C24H32N2O3.C22H30N2O3/c1-3-4-19-27-25(29)24(20-13-7-5-8-14-20)28(21-15-9-6-10-16-21)26(30)22-17-11-12-18-23(22)31-2;1-3-4-19-27-25(29)24(21-14-7-5-8-15-21)28(22-16-9-6-10-17-22)26(30)23-18-12-11-13-20(23)2;1-2-17-27(25(30)21-15-9-10-16-22(21)28)23(20-13-7-4-8-14-20)24(29)26-18-19-11-5-3-6-12-19;1-2-17-26(24(29)20-15-9-10-16-21(20)27)22(18-11-5-3-6-12-18)23(28)25-19-13-7-4-8-14-19;1-3-5-15-23-21(26)20(17-11-7-6-8-12-17)24(16-4-2)22(27)18-13-9-10-14-19(18)25/h6,9-12,15-18,20,24H,3-5,7-8,13-14,19H2,1-2H3,(H,27,29);6,9-13,16-18,21,24H,3-5,7-8,14-15,19H2,1-2H3,(H,27,29);1,3,5-6,9-12,15-16,20,23,28H,4,7-8,13-14,17-18H2,(H,26,29);1,9-10,15-16,18-19,22,27H,3-8,11-14,17H2,(H,25,28);2,9-10,13-14,17,20,25H,3,5-8,11-12,15-16H2,1H3,(H,23,26). The third kappa shape index (κ3) is 34.2. The first-order valence-corrected chi connectivity index (χ1v) is 54.1. The summed E-state index contributed by atoms with van der Waals surface area (Å²) in [6.45, 7) is 10.6. The van der Waals surface area contributed by atoms with E-state index in [1.54, 1.807) is 83.6 Å². The molecule has 147 heavy (non-hydrogen) atoms. The molecule has 6 saturated carbocycles. The fourth-order valence-corrected chi connectivity index (χ4v) is 21.6. The van der Waals surface area contributed by atoms with Crippen LogP contribution in [0, 0.1) is 73.5 Å². The molecule has 0 spiro atoms. The number of carbonyl (C=O) groups is 10. The Bertz CT molecular complexity index is 5570. The van der Waals surface area contributed by atoms with Gasteiger partial charge in [0.1, 0.15) is 53.2 Å². The summed E-state index contributed by atoms with van der Waals surface area (Å²) in [7, 11) is 1.56. The van der Waals surface area contributed by atoms with E-state index < -0.39 is 42.0 Å². The first-order valence-electron chi connectivity index (χ1n) is 54.1. The molecule has 14 rings (SSSR count). The zero-order chi connectivity index (χ0) is 105. The molecule has 0 radical (unpaired) electrons. The van der Waals surface area contributed by atoms with Gasteiger partial charge in [-0.3, -0.25) is 57.7 Å². The van der Waals surface area contributed by atoms with E-state index in [2.05, 4.69) is 65.1 Å². The van der Waals surface area contributed by atoms with E-state index in [1.165, 1.54) is 52.2 Å². The Labute approximate surface area is 873 Å². The van der Waals surface area contributed by atoms with Crippen molar-refractivity contribution < 1.29 is 68.0 Å². The number of amides is 10. The van der Waals surface area contributed by atoms with E-state index in [9.17, 15) is 63.3 Å². The molecule has 784 valence electrons. The minimum absolute atomic E-state index is 0.00703. The van der Waals surface area contributed by atoms with Crippen molar-refractivity contribution in [2.45, 2.75) is 302 Å². The van der Waals surface area contributed by atoms with Gasteiger partial charge in [-0.1, -0.05) is 307 Å². The predicted molar refractivity (Wildman–Crippen MR) is 583 cm³/mol. The van der Waals surface area contributed by atoms with Crippen molar-refractivity contribution in [3.63, 3.8) is 0 Å². The Hall–Kier alpha value is -13.7. The summed E-state index contributed by atoms with van der Waals surface area (Å²) in [6.07, 6.45) is 53.8. The number of unbranched alkanes of at least 4 members (excludes halogenated alkanes) is 3. The summed E-state index contributed by atoms with van der Waals surface area (Å²) in [6, 6.07) is 60.2. The SMILES string of the molecule is C#CCN(C(=O)c1ccccc1O)C(C(=O)NC1CCCCC1)C1CCCCC1.C#CCN(C(=O)c1ccccc1O)C(C(=O)NCCCC)C1CCCCC1.C#CCN(C(=O)c1ccccc1O)C(C(=O)NCc1ccccc1)C1CCCCC1.CCCCNC(=O)C(C1CCCCC1)N(C(=O)c1ccccc1C)c1ccccc1.CCCCNC(=O)C(C1CCCCC1)N(C(=O)c1ccccc1OC)c1ccccc1. The summed E-state index contributed by atoms with van der Waals surface area (Å²) in [5.74, 6) is 6.33. The Morgan fingerprint density at radius 2 is 0.592 bits per heavy atom. The van der Waals surface area contributed by atoms with Gasteiger partial charge in [0.2, 0.25) is 29.5 Å². The van der Waals surface area contributed by atoms with Crippen LogP contribution in [-0.2, 0) is 30.5 Å². The first kappa shape index (κ1) is 115. The number of nitrogens with one attached hydrogen (secondary N) is 5. The van der Waals surface area contributed by atoms with Crippen molar-refractivity contribution in [1.29, 1.82) is 0 Å². The summed E-state index contributed by atoms with van der Waals surface area (Å²) < 4.78 is 5.47. The van der Waals surface area contributed by atoms with Gasteiger partial charge in [-0.25, -0.2) is 0 Å². The van der Waals surface area contributed by atoms with Gasteiger partial charge >= 0.3 is 0 Å². The number of hydrogen-bond acceptors (Lipinski definition) is 14. The van der Waals surface area contributed by atoms with Gasteiger partial charge in [-0.05, 0) is 223 Å². The number of benzene rings is 8. The Morgan fingerprint density at radius 3 is 0.918 bits per heavy atom. The minimum Gasteiger partial charge on any atom is -0.507 e. The molecule has 8 N–H and O–H groups in total. The smallest absolute Gasteiger partial charge is 0.262 e. The van der Waals surface area contributed by atoms with Crippen molar-refractivity contribution >= 4 is 70.4 Å². The van der Waals surface area contributed by atoms with Gasteiger partial charge in [-0.2, -0.15) is 0 Å². The molecular formula is C123H158N10O14. The fraction of sp³-hybridized carbons (Fsp3) is 0.480. The second-order valence-corrected chi connectivity index (χ2v) is 39.7. The molecule has 0 heterocycles. The second-order valence-electron chi connectivity index (χ2n) is 39.7. The van der Waals surface area contributed by atoms with Crippen LogP contribution in [0.3, 0.4) is 0 Å². The molecule has 10 amide bonds. The number of aromatic hydroxyl groups is 3. The number of phenols is 3. The largest absolute Gasteiger partial charge is 0.507 e. The van der Waals surface area contributed by atoms with E-state index in [1.807, 2.05) is 134 Å². The van der Waals surface area contributed by atoms with Crippen molar-refractivity contribution in [3.05, 3.63) is 251 Å². The molecule has 8 aromatic carbocycles. The van der Waals surface area contributed by atoms with Crippen molar-refractivity contribution in [1.82, 2.24) is 41.3 Å². The topological polar surface area (TPSA) is 317 Å². The number of hydrogen-bond donors (Lipinski definition) is 8. The highest BCUT2D eigenvalue weighted by Crippen LogP contribution is 2.40. The van der Waals surface area contributed by atoms with Crippen molar-refractivity contribution in [2.24, 2.45) is 29.6 Å². The van der Waals surface area contributed by atoms with E-state index in [0.29, 0.717) is 43.1 Å². The third-order valence-corrected chi connectivity index (χ3v) is 29.3. The third-order valence-electron chi connectivity index (χ3n) is 29.3. The predicted octanol–water partition coefficient (Wildman–Crippen LogP) is 21.6. The quantitative estimate of drug-likeness (QED) is 0.0132. The zero-order valence-corrected chi connectivity index (χ0v) is 87.3. The average Bonchev–Trinajstić information content (AvgIpc) is 0.781. The van der Waals surface area contributed by atoms with Gasteiger partial charge in [0.25, 0.3) is 29.5 Å².